The van der Waals surface area contributed by atoms with Gasteiger partial charge in [-0.1, -0.05) is 182 Å². The highest BCUT2D eigenvalue weighted by molar-refractivity contribution is 7.99. The Hall–Kier alpha value is -6.09. The maximum atomic E-state index is 2.64. The van der Waals surface area contributed by atoms with Gasteiger partial charge in [0.05, 0.1) is 22.8 Å². The number of anilines is 2. The van der Waals surface area contributed by atoms with Crippen LogP contribution in [0.2, 0.25) is 0 Å². The minimum Gasteiger partial charge on any atom is -0.329 e. The molecule has 52 heavy (non-hydrogen) atoms. The summed E-state index contributed by atoms with van der Waals surface area (Å²) in [5.74, 6) is 0. The van der Waals surface area contributed by atoms with Gasteiger partial charge < -0.3 is 4.90 Å². The first-order valence-electron chi connectivity index (χ1n) is 18.1. The van der Waals surface area contributed by atoms with Gasteiger partial charge in [-0.2, -0.15) is 0 Å². The van der Waals surface area contributed by atoms with Crippen LogP contribution in [0.5, 0.6) is 0 Å². The van der Waals surface area contributed by atoms with Crippen molar-refractivity contribution in [3.8, 4) is 33.4 Å². The molecule has 0 fully saturated rings. The fourth-order valence-corrected chi connectivity index (χ4v) is 10.5. The number of nitrogens with zero attached hydrogens (tertiary/aromatic N) is 1. The van der Waals surface area contributed by atoms with Crippen LogP contribution in [-0.4, -0.2) is 6.04 Å². The molecule has 0 N–H and O–H groups in total. The summed E-state index contributed by atoms with van der Waals surface area (Å²) in [5, 5.41) is 0. The van der Waals surface area contributed by atoms with Crippen molar-refractivity contribution in [1.82, 2.24) is 0 Å². The Labute approximate surface area is 308 Å². The third kappa shape index (κ3) is 4.13. The SMILES string of the molecule is C1=CC2=C(C(N3c4ccc(-c5ccccc5)cc4Sc4cc(-c5ccccc5)ccc43)C=C1)C1(c3ccccc32)c2ccccc2-c2ccccc21. The van der Waals surface area contributed by atoms with Crippen LogP contribution in [0.3, 0.4) is 0 Å². The molecule has 0 bridgehead atoms. The molecule has 1 atom stereocenters. The third-order valence-corrected chi connectivity index (χ3v) is 12.5. The number of allylic oxidation sites excluding steroid dienone is 4. The zero-order chi connectivity index (χ0) is 34.2. The molecule has 1 heterocycles. The lowest BCUT2D eigenvalue weighted by atomic mass is 9.67. The summed E-state index contributed by atoms with van der Waals surface area (Å²) in [5.41, 5.74) is 17.8. The Kier molecular flexibility index (Phi) is 6.53. The van der Waals surface area contributed by atoms with Crippen molar-refractivity contribution in [2.45, 2.75) is 21.2 Å². The summed E-state index contributed by atoms with van der Waals surface area (Å²) in [6.07, 6.45) is 9.31. The van der Waals surface area contributed by atoms with Gasteiger partial charge in [0.2, 0.25) is 0 Å². The Morgan fingerprint density at radius 2 is 0.923 bits per heavy atom. The van der Waals surface area contributed by atoms with E-state index in [1.165, 1.54) is 87.9 Å². The highest BCUT2D eigenvalue weighted by atomic mass is 32.2. The van der Waals surface area contributed by atoms with Crippen LogP contribution in [-0.2, 0) is 5.41 Å². The normalized spacial score (nSPS) is 16.8. The predicted molar refractivity (Wildman–Crippen MR) is 217 cm³/mol. The van der Waals surface area contributed by atoms with Gasteiger partial charge in [-0.15, -0.1) is 0 Å². The summed E-state index contributed by atoms with van der Waals surface area (Å²) >= 11 is 1.89. The van der Waals surface area contributed by atoms with E-state index < -0.39 is 5.41 Å². The molecule has 3 aliphatic carbocycles. The van der Waals surface area contributed by atoms with E-state index in [4.69, 9.17) is 0 Å². The van der Waals surface area contributed by atoms with Gasteiger partial charge >= 0.3 is 0 Å². The summed E-state index contributed by atoms with van der Waals surface area (Å²) in [7, 11) is 0. The number of rotatable bonds is 3. The average molecular weight is 680 g/mol. The maximum Gasteiger partial charge on any atom is 0.0763 e. The molecule has 244 valence electrons. The molecule has 4 aliphatic rings. The van der Waals surface area contributed by atoms with Gasteiger partial charge in [-0.3, -0.25) is 0 Å². The first-order chi connectivity index (χ1) is 25.8. The molecule has 2 heteroatoms. The fourth-order valence-electron chi connectivity index (χ4n) is 9.30. The van der Waals surface area contributed by atoms with Crippen molar-refractivity contribution < 1.29 is 0 Å². The third-order valence-electron chi connectivity index (χ3n) is 11.4. The van der Waals surface area contributed by atoms with Crippen LogP contribution in [0.15, 0.2) is 210 Å². The summed E-state index contributed by atoms with van der Waals surface area (Å²) in [4.78, 5) is 5.17. The van der Waals surface area contributed by atoms with Gasteiger partial charge in [0, 0.05) is 9.79 Å². The number of fused-ring (bicyclic) bond motifs is 11. The number of hydrogen-bond donors (Lipinski definition) is 0. The molecule has 0 aromatic heterocycles. The van der Waals surface area contributed by atoms with Crippen molar-refractivity contribution in [2.75, 3.05) is 4.90 Å². The van der Waals surface area contributed by atoms with E-state index in [2.05, 4.69) is 199 Å². The van der Waals surface area contributed by atoms with Crippen molar-refractivity contribution in [3.05, 3.63) is 222 Å². The fraction of sp³-hybridized carbons (Fsp3) is 0.0400. The number of hydrogen-bond acceptors (Lipinski definition) is 2. The molecule has 1 nitrogen and oxygen atoms in total. The van der Waals surface area contributed by atoms with E-state index in [0.717, 1.165) is 0 Å². The zero-order valence-corrected chi connectivity index (χ0v) is 29.2. The molecule has 7 aromatic rings. The van der Waals surface area contributed by atoms with Crippen LogP contribution < -0.4 is 4.90 Å². The predicted octanol–water partition coefficient (Wildman–Crippen LogP) is 12.9. The minimum absolute atomic E-state index is 0.0693. The smallest absolute Gasteiger partial charge is 0.0763 e. The van der Waals surface area contributed by atoms with Crippen LogP contribution in [0, 0.1) is 0 Å². The standard InChI is InChI=1S/C50H33NS/c1-3-15-33(16-4-1)35-27-29-44-47(31-35)52-48-32-36(34-17-5-2-6-18-34)28-30-45(48)51(44)46-26-14-10-22-40-39-21-9-13-25-43(39)50(49(40)46)41-23-11-7-19-37(41)38-20-8-12-24-42(38)50/h1-32,46H. The van der Waals surface area contributed by atoms with Gasteiger partial charge in [0.1, 0.15) is 0 Å². The number of benzene rings is 7. The van der Waals surface area contributed by atoms with Crippen LogP contribution in [0.4, 0.5) is 11.4 Å². The van der Waals surface area contributed by atoms with Gasteiger partial charge in [-0.25, -0.2) is 0 Å². The maximum absolute atomic E-state index is 2.64. The Balaban J connectivity index is 1.19. The summed E-state index contributed by atoms with van der Waals surface area (Å²) in [6, 6.07) is 62.9. The molecule has 1 aliphatic heterocycles. The summed E-state index contributed by atoms with van der Waals surface area (Å²) in [6.45, 7) is 0. The summed E-state index contributed by atoms with van der Waals surface area (Å²) < 4.78 is 0. The van der Waals surface area contributed by atoms with E-state index in [9.17, 15) is 0 Å². The quantitative estimate of drug-likeness (QED) is 0.183. The Morgan fingerprint density at radius 3 is 1.48 bits per heavy atom. The Morgan fingerprint density at radius 1 is 0.442 bits per heavy atom. The lowest BCUT2D eigenvalue weighted by Crippen LogP contribution is -2.41. The average Bonchev–Trinajstić information content (AvgIpc) is 3.56. The van der Waals surface area contributed by atoms with Crippen molar-refractivity contribution >= 4 is 28.7 Å². The van der Waals surface area contributed by atoms with Gasteiger partial charge in [0.25, 0.3) is 0 Å². The second-order valence-corrected chi connectivity index (χ2v) is 15.1. The minimum atomic E-state index is -0.443. The van der Waals surface area contributed by atoms with Crippen LogP contribution in [0.25, 0.3) is 39.0 Å². The molecular formula is C50H33NS. The largest absolute Gasteiger partial charge is 0.329 e. The lowest BCUT2D eigenvalue weighted by Gasteiger charge is -2.43. The highest BCUT2D eigenvalue weighted by Gasteiger charge is 2.55. The molecule has 0 radical (unpaired) electrons. The molecule has 0 saturated carbocycles. The van der Waals surface area contributed by atoms with E-state index >= 15 is 0 Å². The van der Waals surface area contributed by atoms with Gasteiger partial charge in [0.15, 0.2) is 0 Å². The second-order valence-electron chi connectivity index (χ2n) is 14.0. The van der Waals surface area contributed by atoms with Gasteiger partial charge in [-0.05, 0) is 91.0 Å². The van der Waals surface area contributed by atoms with Crippen molar-refractivity contribution in [1.29, 1.82) is 0 Å². The molecule has 7 aromatic carbocycles. The van der Waals surface area contributed by atoms with Crippen LogP contribution in [0.1, 0.15) is 22.3 Å². The zero-order valence-electron chi connectivity index (χ0n) is 28.4. The second kappa shape index (κ2) is 11.5. The molecule has 1 spiro atoms. The molecular weight excluding hydrogens is 647 g/mol. The van der Waals surface area contributed by atoms with E-state index in [-0.39, 0.29) is 6.04 Å². The molecule has 1 unspecified atom stereocenters. The molecule has 11 rings (SSSR count). The first kappa shape index (κ1) is 29.6. The lowest BCUT2D eigenvalue weighted by molar-refractivity contribution is 0.691. The topological polar surface area (TPSA) is 3.24 Å². The first-order valence-corrected chi connectivity index (χ1v) is 18.9. The molecule has 0 saturated heterocycles. The molecule has 0 amide bonds. The van der Waals surface area contributed by atoms with Crippen LogP contribution >= 0.6 is 11.8 Å². The monoisotopic (exact) mass is 679 g/mol. The van der Waals surface area contributed by atoms with E-state index in [0.29, 0.717) is 0 Å². The van der Waals surface area contributed by atoms with E-state index in [1.54, 1.807) is 0 Å². The van der Waals surface area contributed by atoms with E-state index in [1.807, 2.05) is 11.8 Å². The Bertz CT molecular complexity index is 2530. The van der Waals surface area contributed by atoms with Crippen molar-refractivity contribution in [2.24, 2.45) is 0 Å². The highest BCUT2D eigenvalue weighted by Crippen LogP contribution is 2.64. The van der Waals surface area contributed by atoms with Crippen molar-refractivity contribution in [3.63, 3.8) is 0 Å².